The summed E-state index contributed by atoms with van der Waals surface area (Å²) in [5, 5.41) is 0. The second-order valence-corrected chi connectivity index (χ2v) is 24.7. The van der Waals surface area contributed by atoms with Gasteiger partial charge in [0, 0.05) is 8.07 Å². The highest BCUT2D eigenvalue weighted by Gasteiger charge is 2.17. The minimum atomic E-state index is -0.903. The van der Waals surface area contributed by atoms with Gasteiger partial charge in [0.2, 0.25) is 0 Å². The van der Waals surface area contributed by atoms with Crippen molar-refractivity contribution >= 4 is 26.0 Å². The molecule has 0 aliphatic carbocycles. The van der Waals surface area contributed by atoms with Gasteiger partial charge in [0.25, 0.3) is 0 Å². The van der Waals surface area contributed by atoms with E-state index in [2.05, 4.69) is 26.9 Å². The maximum atomic E-state index is 13.1. The Morgan fingerprint density at radius 3 is 1.16 bits per heavy atom. The quantitative estimate of drug-likeness (QED) is 0.0178. The molecule has 0 N–H and O–H groups in total. The van der Waals surface area contributed by atoms with Crippen LogP contribution in [-0.2, 0) is 0 Å². The molecule has 0 atom stereocenters. The molecule has 69 heavy (non-hydrogen) atoms. The van der Waals surface area contributed by atoms with Gasteiger partial charge in [-0.15, -0.1) is 0 Å². The molecule has 0 aromatic heterocycles. The van der Waals surface area contributed by atoms with Crippen LogP contribution < -0.4 is 23.7 Å². The molecule has 0 heterocycles. The SMILES string of the molecule is CCCCCCCCCCCCOc1ccc(C(=O)Oc2ccc(C(=O)Oc3cccc(-c4ccc(OC(=O)c5ccc(OCCCCCCCCCCC[Si](C)(C)CC)cc5)cc4)c3)cc2)cc1. The number of carbonyl (C=O) groups excluding carboxylic acids is 3. The second kappa shape index (κ2) is 30.7. The van der Waals surface area contributed by atoms with Crippen molar-refractivity contribution in [1.29, 1.82) is 0 Å². The number of benzene rings is 5. The highest BCUT2D eigenvalue weighted by Crippen LogP contribution is 2.28. The molecule has 8 nitrogen and oxygen atoms in total. The molecule has 0 fully saturated rings. The summed E-state index contributed by atoms with van der Waals surface area (Å²) in [4.78, 5) is 38.9. The molecule has 5 aromatic rings. The van der Waals surface area contributed by atoms with E-state index in [4.69, 9.17) is 23.7 Å². The lowest BCUT2D eigenvalue weighted by atomic mass is 10.1. The fraction of sp³-hybridized carbons (Fsp3) is 0.450. The van der Waals surface area contributed by atoms with E-state index in [1.54, 1.807) is 91.0 Å². The Kier molecular flexibility index (Phi) is 24.2. The second-order valence-electron chi connectivity index (χ2n) is 19.1. The molecular formula is C60H78O8Si. The van der Waals surface area contributed by atoms with Crippen LogP contribution in [0.15, 0.2) is 121 Å². The summed E-state index contributed by atoms with van der Waals surface area (Å²) < 4.78 is 28.7. The van der Waals surface area contributed by atoms with E-state index in [0.29, 0.717) is 47.2 Å². The lowest BCUT2D eigenvalue weighted by molar-refractivity contribution is 0.0723. The van der Waals surface area contributed by atoms with Crippen LogP contribution in [0.25, 0.3) is 11.1 Å². The third-order valence-corrected chi connectivity index (χ3v) is 16.5. The zero-order valence-electron chi connectivity index (χ0n) is 42.1. The zero-order valence-corrected chi connectivity index (χ0v) is 43.1. The third-order valence-electron chi connectivity index (χ3n) is 12.9. The Bertz CT molecular complexity index is 2230. The lowest BCUT2D eigenvalue weighted by Crippen LogP contribution is -2.22. The Morgan fingerprint density at radius 1 is 0.377 bits per heavy atom. The van der Waals surface area contributed by atoms with Crippen LogP contribution >= 0.6 is 0 Å². The van der Waals surface area contributed by atoms with Crippen molar-refractivity contribution < 1.29 is 38.1 Å². The number of hydrogen-bond acceptors (Lipinski definition) is 8. The summed E-state index contributed by atoms with van der Waals surface area (Å²) in [5.74, 6) is 1.04. The Hall–Kier alpha value is -5.67. The molecule has 0 amide bonds. The zero-order chi connectivity index (χ0) is 48.9. The van der Waals surface area contributed by atoms with Crippen molar-refractivity contribution in [3.63, 3.8) is 0 Å². The monoisotopic (exact) mass is 955 g/mol. The molecular weight excluding hydrogens is 877 g/mol. The molecule has 0 aliphatic heterocycles. The van der Waals surface area contributed by atoms with Crippen LogP contribution in [0.2, 0.25) is 25.2 Å². The molecule has 0 aliphatic rings. The summed E-state index contributed by atoms with van der Waals surface area (Å²) >= 11 is 0. The van der Waals surface area contributed by atoms with Gasteiger partial charge in [0.15, 0.2) is 0 Å². The Balaban J connectivity index is 0.960. The Morgan fingerprint density at radius 2 is 0.739 bits per heavy atom. The van der Waals surface area contributed by atoms with Crippen LogP contribution in [0.3, 0.4) is 0 Å². The number of ether oxygens (including phenoxy) is 5. The molecule has 5 aromatic carbocycles. The lowest BCUT2D eigenvalue weighted by Gasteiger charge is -2.19. The molecule has 0 saturated carbocycles. The molecule has 0 radical (unpaired) electrons. The minimum Gasteiger partial charge on any atom is -0.494 e. The predicted molar refractivity (Wildman–Crippen MR) is 283 cm³/mol. The first-order valence-corrected chi connectivity index (χ1v) is 29.5. The third kappa shape index (κ3) is 20.8. The van der Waals surface area contributed by atoms with Crippen molar-refractivity contribution in [2.45, 2.75) is 161 Å². The van der Waals surface area contributed by atoms with Crippen molar-refractivity contribution in [2.75, 3.05) is 13.2 Å². The minimum absolute atomic E-state index is 0.303. The van der Waals surface area contributed by atoms with Gasteiger partial charge in [-0.25, -0.2) is 14.4 Å². The van der Waals surface area contributed by atoms with Crippen molar-refractivity contribution in [2.24, 2.45) is 0 Å². The van der Waals surface area contributed by atoms with E-state index in [1.165, 1.54) is 115 Å². The number of esters is 3. The maximum absolute atomic E-state index is 13.1. The van der Waals surface area contributed by atoms with E-state index in [0.717, 1.165) is 41.9 Å². The van der Waals surface area contributed by atoms with E-state index in [-0.39, 0.29) is 0 Å². The molecule has 370 valence electrons. The average Bonchev–Trinajstić information content (AvgIpc) is 3.36. The maximum Gasteiger partial charge on any atom is 0.343 e. The predicted octanol–water partition coefficient (Wildman–Crippen LogP) is 16.9. The van der Waals surface area contributed by atoms with Crippen LogP contribution in [0.1, 0.15) is 167 Å². The smallest absolute Gasteiger partial charge is 0.343 e. The van der Waals surface area contributed by atoms with Crippen LogP contribution in [-0.4, -0.2) is 39.2 Å². The largest absolute Gasteiger partial charge is 0.494 e. The van der Waals surface area contributed by atoms with Gasteiger partial charge in [-0.2, -0.15) is 0 Å². The van der Waals surface area contributed by atoms with Crippen LogP contribution in [0, 0.1) is 0 Å². The number of hydrogen-bond donors (Lipinski definition) is 0. The molecule has 0 unspecified atom stereocenters. The van der Waals surface area contributed by atoms with E-state index < -0.39 is 26.0 Å². The summed E-state index contributed by atoms with van der Waals surface area (Å²) in [6.07, 6.45) is 24.4. The first kappa shape index (κ1) is 54.3. The fourth-order valence-corrected chi connectivity index (χ4v) is 9.64. The molecule has 0 spiro atoms. The van der Waals surface area contributed by atoms with Crippen molar-refractivity contribution in [3.8, 4) is 39.9 Å². The average molecular weight is 955 g/mol. The first-order valence-electron chi connectivity index (χ1n) is 26.1. The molecule has 0 saturated heterocycles. The summed E-state index contributed by atoms with van der Waals surface area (Å²) in [6, 6.07) is 37.5. The van der Waals surface area contributed by atoms with Gasteiger partial charge >= 0.3 is 17.9 Å². The summed E-state index contributed by atoms with van der Waals surface area (Å²) in [7, 11) is -0.903. The van der Waals surface area contributed by atoms with Gasteiger partial charge in [-0.3, -0.25) is 0 Å². The van der Waals surface area contributed by atoms with E-state index in [9.17, 15) is 14.4 Å². The highest BCUT2D eigenvalue weighted by molar-refractivity contribution is 6.77. The number of carbonyl (C=O) groups is 3. The van der Waals surface area contributed by atoms with Crippen LogP contribution in [0.5, 0.6) is 28.7 Å². The topological polar surface area (TPSA) is 97.4 Å². The Labute approximate surface area is 414 Å². The van der Waals surface area contributed by atoms with E-state index >= 15 is 0 Å². The first-order chi connectivity index (χ1) is 33.6. The van der Waals surface area contributed by atoms with Gasteiger partial charge in [0.05, 0.1) is 29.9 Å². The molecule has 0 bridgehead atoms. The fourth-order valence-electron chi connectivity index (χ4n) is 8.08. The normalized spacial score (nSPS) is 11.2. The van der Waals surface area contributed by atoms with E-state index in [1.807, 2.05) is 30.3 Å². The molecule has 5 rings (SSSR count). The van der Waals surface area contributed by atoms with Gasteiger partial charge in [-0.1, -0.05) is 172 Å². The summed E-state index contributed by atoms with van der Waals surface area (Å²) in [6.45, 7) is 11.0. The van der Waals surface area contributed by atoms with Crippen molar-refractivity contribution in [1.82, 2.24) is 0 Å². The van der Waals surface area contributed by atoms with Crippen LogP contribution in [0.4, 0.5) is 0 Å². The van der Waals surface area contributed by atoms with Gasteiger partial charge < -0.3 is 23.7 Å². The van der Waals surface area contributed by atoms with Gasteiger partial charge in [-0.05, 0) is 121 Å². The van der Waals surface area contributed by atoms with Gasteiger partial charge in [0.1, 0.15) is 28.7 Å². The number of rotatable bonds is 33. The van der Waals surface area contributed by atoms with Crippen molar-refractivity contribution in [3.05, 3.63) is 138 Å². The summed E-state index contributed by atoms with van der Waals surface area (Å²) in [5.41, 5.74) is 2.81. The highest BCUT2D eigenvalue weighted by atomic mass is 28.3. The molecule has 9 heteroatoms. The number of unbranched alkanes of at least 4 members (excludes halogenated alkanes) is 17. The standard InChI is InChI=1S/C60H78O8Si/c1-5-7-8-9-10-11-13-16-19-22-44-64-54-38-32-50(33-39-54)59(62)67-56-42-34-51(35-43-56)60(63)68-57-27-25-26-52(47-57)48-28-40-55(41-29-48)66-58(61)49-30-36-53(37-31-49)65-45-23-20-17-14-12-15-18-21-24-46-69(3,4)6-2/h25-43,47H,5-24,44-46H2,1-4H3.